The molecule has 18 heavy (non-hydrogen) atoms. The molecule has 0 aliphatic rings. The van der Waals surface area contributed by atoms with Crippen LogP contribution in [0.4, 0.5) is 14.6 Å². The summed E-state index contributed by atoms with van der Waals surface area (Å²) >= 11 is 0. The molecule has 1 heterocycles. The van der Waals surface area contributed by atoms with Crippen LogP contribution < -0.4 is 10.1 Å². The van der Waals surface area contributed by atoms with Crippen molar-refractivity contribution in [3.63, 3.8) is 0 Å². The highest BCUT2D eigenvalue weighted by atomic mass is 19.3. The number of anilines is 1. The minimum atomic E-state index is -2.50. The Kier molecular flexibility index (Phi) is 5.74. The number of aromatic nitrogens is 2. The first kappa shape index (κ1) is 14.6. The van der Waals surface area contributed by atoms with E-state index in [4.69, 9.17) is 4.74 Å². The molecule has 0 saturated heterocycles. The number of nitrogens with one attached hydrogen (secondary N) is 1. The van der Waals surface area contributed by atoms with Crippen molar-refractivity contribution < 1.29 is 13.5 Å². The molecule has 0 fully saturated rings. The van der Waals surface area contributed by atoms with Crippen LogP contribution in [-0.4, -0.2) is 29.5 Å². The Morgan fingerprint density at radius 1 is 1.28 bits per heavy atom. The van der Waals surface area contributed by atoms with E-state index >= 15 is 0 Å². The van der Waals surface area contributed by atoms with E-state index in [0.717, 1.165) is 13.0 Å². The van der Waals surface area contributed by atoms with Crippen LogP contribution in [0.1, 0.15) is 31.7 Å². The van der Waals surface area contributed by atoms with Crippen molar-refractivity contribution in [2.24, 2.45) is 0 Å². The van der Waals surface area contributed by atoms with Gasteiger partial charge in [-0.3, -0.25) is 0 Å². The Hall–Kier alpha value is -1.46. The molecule has 0 unspecified atom stereocenters. The van der Waals surface area contributed by atoms with E-state index in [1.54, 1.807) is 6.92 Å². The highest BCUT2D eigenvalue weighted by Gasteiger charge is 2.13. The number of aryl methyl sites for hydroxylation is 1. The molecule has 0 saturated carbocycles. The number of nitrogens with zero attached hydrogens (tertiary/aromatic N) is 2. The van der Waals surface area contributed by atoms with Gasteiger partial charge in [0.1, 0.15) is 11.6 Å². The number of hydrogen-bond donors (Lipinski definition) is 1. The lowest BCUT2D eigenvalue weighted by Crippen LogP contribution is -2.13. The van der Waals surface area contributed by atoms with E-state index in [1.807, 2.05) is 13.8 Å². The zero-order chi connectivity index (χ0) is 13.5. The summed E-state index contributed by atoms with van der Waals surface area (Å²) in [6, 6.07) is 0. The van der Waals surface area contributed by atoms with Crippen molar-refractivity contribution in [3.05, 3.63) is 11.4 Å². The van der Waals surface area contributed by atoms with E-state index < -0.39 is 13.0 Å². The van der Waals surface area contributed by atoms with Gasteiger partial charge >= 0.3 is 0 Å². The zero-order valence-corrected chi connectivity index (χ0v) is 11.0. The lowest BCUT2D eigenvalue weighted by atomic mass is 10.3. The van der Waals surface area contributed by atoms with Gasteiger partial charge in [-0.1, -0.05) is 13.8 Å². The summed E-state index contributed by atoms with van der Waals surface area (Å²) in [4.78, 5) is 8.45. The molecule has 0 spiro atoms. The van der Waals surface area contributed by atoms with Crippen LogP contribution in [0.3, 0.4) is 0 Å². The van der Waals surface area contributed by atoms with Crippen molar-refractivity contribution in [2.75, 3.05) is 18.5 Å². The predicted molar refractivity (Wildman–Crippen MR) is 66.4 cm³/mol. The molecule has 1 aromatic heterocycles. The average molecular weight is 259 g/mol. The fourth-order valence-corrected chi connectivity index (χ4v) is 1.40. The molecule has 1 N–H and O–H groups in total. The molecule has 0 bridgehead atoms. The number of halogens is 2. The molecule has 0 atom stereocenters. The van der Waals surface area contributed by atoms with Crippen LogP contribution in [0.2, 0.25) is 0 Å². The van der Waals surface area contributed by atoms with Crippen LogP contribution in [0.15, 0.2) is 0 Å². The minimum absolute atomic E-state index is 0.237. The van der Waals surface area contributed by atoms with E-state index in [-0.39, 0.29) is 5.88 Å². The van der Waals surface area contributed by atoms with Gasteiger partial charge in [-0.2, -0.15) is 4.98 Å². The Labute approximate surface area is 106 Å². The fraction of sp³-hybridized carbons (Fsp3) is 0.667. The molecule has 102 valence electrons. The molecular weight excluding hydrogens is 240 g/mol. The summed E-state index contributed by atoms with van der Waals surface area (Å²) < 4.78 is 29.3. The van der Waals surface area contributed by atoms with Crippen LogP contribution in [0.25, 0.3) is 0 Å². The molecule has 0 aliphatic heterocycles. The zero-order valence-electron chi connectivity index (χ0n) is 11.0. The quantitative estimate of drug-likeness (QED) is 0.818. The third kappa shape index (κ3) is 4.09. The number of ether oxygens (including phenoxy) is 1. The normalized spacial score (nSPS) is 10.8. The first-order chi connectivity index (χ1) is 8.58. The van der Waals surface area contributed by atoms with Crippen molar-refractivity contribution >= 4 is 5.82 Å². The second-order valence-electron chi connectivity index (χ2n) is 3.90. The maximum atomic E-state index is 12.2. The summed E-state index contributed by atoms with van der Waals surface area (Å²) in [5.74, 6) is 1.48. The van der Waals surface area contributed by atoms with Gasteiger partial charge in [0.15, 0.2) is 6.61 Å². The highest BCUT2D eigenvalue weighted by molar-refractivity contribution is 5.48. The summed E-state index contributed by atoms with van der Waals surface area (Å²) in [5, 5.41) is 3.15. The van der Waals surface area contributed by atoms with E-state index in [1.165, 1.54) is 0 Å². The maximum absolute atomic E-state index is 12.2. The first-order valence-corrected chi connectivity index (χ1v) is 6.10. The van der Waals surface area contributed by atoms with Crippen molar-refractivity contribution in [2.45, 2.75) is 40.0 Å². The van der Waals surface area contributed by atoms with Crippen molar-refractivity contribution in [1.29, 1.82) is 0 Å². The lowest BCUT2D eigenvalue weighted by Gasteiger charge is -2.13. The third-order valence-electron chi connectivity index (χ3n) is 2.35. The van der Waals surface area contributed by atoms with Gasteiger partial charge in [-0.15, -0.1) is 0 Å². The summed E-state index contributed by atoms with van der Waals surface area (Å²) in [5.41, 5.74) is 0.668. The smallest absolute Gasteiger partial charge is 0.272 e. The van der Waals surface area contributed by atoms with Crippen molar-refractivity contribution in [3.8, 4) is 5.88 Å². The molecule has 0 radical (unpaired) electrons. The first-order valence-electron chi connectivity index (χ1n) is 6.10. The molecule has 4 nitrogen and oxygen atoms in total. The second kappa shape index (κ2) is 7.08. The Morgan fingerprint density at radius 3 is 2.56 bits per heavy atom. The second-order valence-corrected chi connectivity index (χ2v) is 3.90. The lowest BCUT2D eigenvalue weighted by molar-refractivity contribution is 0.0790. The SMILES string of the molecule is CCCNc1nc(CC)nc(OCC(F)F)c1C. The molecule has 0 amide bonds. The topological polar surface area (TPSA) is 47.0 Å². The largest absolute Gasteiger partial charge is 0.471 e. The van der Waals surface area contributed by atoms with E-state index in [0.29, 0.717) is 23.6 Å². The highest BCUT2D eigenvalue weighted by Crippen LogP contribution is 2.22. The monoisotopic (exact) mass is 259 g/mol. The van der Waals surface area contributed by atoms with Crippen LogP contribution in [-0.2, 0) is 6.42 Å². The molecular formula is C12H19F2N3O. The van der Waals surface area contributed by atoms with E-state index in [9.17, 15) is 8.78 Å². The summed E-state index contributed by atoms with van der Waals surface area (Å²) in [6.07, 6.45) is -0.916. The van der Waals surface area contributed by atoms with Gasteiger partial charge in [0.25, 0.3) is 6.43 Å². The number of rotatable bonds is 7. The standard InChI is InChI=1S/C12H19F2N3O/c1-4-6-15-11-8(3)12(18-7-9(13)14)17-10(5-2)16-11/h9H,4-7H2,1-3H3,(H,15,16,17). The number of alkyl halides is 2. The third-order valence-corrected chi connectivity index (χ3v) is 2.35. The fourth-order valence-electron chi connectivity index (χ4n) is 1.40. The van der Waals surface area contributed by atoms with Gasteiger partial charge in [0.2, 0.25) is 5.88 Å². The van der Waals surface area contributed by atoms with Crippen molar-refractivity contribution in [1.82, 2.24) is 9.97 Å². The Bertz CT molecular complexity index is 386. The molecule has 1 aromatic rings. The van der Waals surface area contributed by atoms with Crippen LogP contribution in [0, 0.1) is 6.92 Å². The molecule has 0 aliphatic carbocycles. The summed E-state index contributed by atoms with van der Waals surface area (Å²) in [6.45, 7) is 5.84. The average Bonchev–Trinajstić information content (AvgIpc) is 2.35. The van der Waals surface area contributed by atoms with Gasteiger partial charge in [-0.05, 0) is 13.3 Å². The predicted octanol–water partition coefficient (Wildman–Crippen LogP) is 2.81. The minimum Gasteiger partial charge on any atom is -0.471 e. The molecule has 0 aromatic carbocycles. The Balaban J connectivity index is 2.92. The van der Waals surface area contributed by atoms with Crippen LogP contribution in [0.5, 0.6) is 5.88 Å². The van der Waals surface area contributed by atoms with Gasteiger partial charge in [-0.25, -0.2) is 13.8 Å². The molecule has 6 heteroatoms. The van der Waals surface area contributed by atoms with Gasteiger partial charge < -0.3 is 10.1 Å². The summed E-state index contributed by atoms with van der Waals surface area (Å²) in [7, 11) is 0. The maximum Gasteiger partial charge on any atom is 0.272 e. The Morgan fingerprint density at radius 2 is 2.00 bits per heavy atom. The van der Waals surface area contributed by atoms with Gasteiger partial charge in [0, 0.05) is 13.0 Å². The van der Waals surface area contributed by atoms with Crippen LogP contribution >= 0.6 is 0 Å². The van der Waals surface area contributed by atoms with E-state index in [2.05, 4.69) is 15.3 Å². The number of hydrogen-bond acceptors (Lipinski definition) is 4. The molecule has 1 rings (SSSR count). The van der Waals surface area contributed by atoms with Gasteiger partial charge in [0.05, 0.1) is 5.56 Å².